The summed E-state index contributed by atoms with van der Waals surface area (Å²) in [6.45, 7) is 2.23. The largest absolute Gasteiger partial charge is 0.347 e. The summed E-state index contributed by atoms with van der Waals surface area (Å²) in [6.07, 6.45) is 11.3. The minimum atomic E-state index is 0.0117. The summed E-state index contributed by atoms with van der Waals surface area (Å²) in [5.41, 5.74) is 0.940. The Kier molecular flexibility index (Phi) is 3.97. The topological polar surface area (TPSA) is 46.9 Å². The molecule has 1 atom stereocenters. The third kappa shape index (κ3) is 2.72. The molecule has 1 aromatic rings. The molecule has 4 nitrogen and oxygen atoms in total. The van der Waals surface area contributed by atoms with E-state index in [1.54, 1.807) is 4.68 Å². The summed E-state index contributed by atoms with van der Waals surface area (Å²) in [4.78, 5) is 12.7. The molecular formula is C18H26IN3O. The Morgan fingerprint density at radius 2 is 1.91 bits per heavy atom. The van der Waals surface area contributed by atoms with Gasteiger partial charge in [-0.25, -0.2) is 0 Å². The van der Waals surface area contributed by atoms with E-state index >= 15 is 0 Å². The van der Waals surface area contributed by atoms with Crippen molar-refractivity contribution in [3.63, 3.8) is 0 Å². The van der Waals surface area contributed by atoms with Crippen molar-refractivity contribution in [1.29, 1.82) is 0 Å². The fourth-order valence-corrected chi connectivity index (χ4v) is 6.89. The van der Waals surface area contributed by atoms with Crippen molar-refractivity contribution in [1.82, 2.24) is 15.1 Å². The van der Waals surface area contributed by atoms with E-state index in [2.05, 4.69) is 39.9 Å². The normalized spacial score (nSPS) is 36.2. The molecule has 0 unspecified atom stereocenters. The third-order valence-electron chi connectivity index (χ3n) is 6.54. The van der Waals surface area contributed by atoms with E-state index in [0.717, 1.165) is 27.7 Å². The number of aromatic nitrogens is 2. The SMILES string of the molecule is CC[C@H](NC(=O)c1nn(C)cc1I)C12CC3CC(CC(C3)C1)C2. The molecule has 1 N–H and O–H groups in total. The average molecular weight is 427 g/mol. The highest BCUT2D eigenvalue weighted by atomic mass is 127. The fraction of sp³-hybridized carbons (Fsp3) is 0.778. The molecule has 5 heteroatoms. The van der Waals surface area contributed by atoms with Crippen molar-refractivity contribution in [2.24, 2.45) is 30.2 Å². The zero-order valence-corrected chi connectivity index (χ0v) is 16.2. The second-order valence-corrected chi connectivity index (χ2v) is 9.38. The van der Waals surface area contributed by atoms with Crippen LogP contribution in [0.2, 0.25) is 0 Å². The van der Waals surface area contributed by atoms with Crippen LogP contribution in [-0.4, -0.2) is 21.7 Å². The van der Waals surface area contributed by atoms with Crippen LogP contribution < -0.4 is 5.32 Å². The quantitative estimate of drug-likeness (QED) is 0.745. The molecule has 1 aromatic heterocycles. The molecule has 5 rings (SSSR count). The Hall–Kier alpha value is -0.590. The molecule has 4 bridgehead atoms. The second kappa shape index (κ2) is 5.74. The summed E-state index contributed by atoms with van der Waals surface area (Å²) in [7, 11) is 1.87. The number of carbonyl (C=O) groups is 1. The van der Waals surface area contributed by atoms with Crippen molar-refractivity contribution in [3.05, 3.63) is 15.5 Å². The molecular weight excluding hydrogens is 401 g/mol. The number of nitrogens with zero attached hydrogens (tertiary/aromatic N) is 2. The van der Waals surface area contributed by atoms with Crippen LogP contribution >= 0.6 is 22.6 Å². The Balaban J connectivity index is 1.55. The van der Waals surface area contributed by atoms with Crippen LogP contribution in [0, 0.1) is 26.7 Å². The highest BCUT2D eigenvalue weighted by Crippen LogP contribution is 2.61. The lowest BCUT2D eigenvalue weighted by atomic mass is 9.47. The van der Waals surface area contributed by atoms with E-state index in [1.165, 1.54) is 38.5 Å². The lowest BCUT2D eigenvalue weighted by molar-refractivity contribution is -0.0727. The van der Waals surface area contributed by atoms with Gasteiger partial charge in [0.15, 0.2) is 5.69 Å². The highest BCUT2D eigenvalue weighted by molar-refractivity contribution is 14.1. The summed E-state index contributed by atoms with van der Waals surface area (Å²) in [6, 6.07) is 0.307. The molecule has 1 heterocycles. The Labute approximate surface area is 151 Å². The fourth-order valence-electron chi connectivity index (χ4n) is 6.13. The van der Waals surface area contributed by atoms with Gasteiger partial charge in [-0.05, 0) is 90.7 Å². The molecule has 4 aliphatic carbocycles. The molecule has 0 aliphatic heterocycles. The van der Waals surface area contributed by atoms with E-state index in [0.29, 0.717) is 17.2 Å². The monoisotopic (exact) mass is 427 g/mol. The lowest BCUT2D eigenvalue weighted by Gasteiger charge is -2.59. The minimum absolute atomic E-state index is 0.0117. The Bertz CT molecular complexity index is 588. The second-order valence-electron chi connectivity index (χ2n) is 8.21. The van der Waals surface area contributed by atoms with E-state index in [-0.39, 0.29) is 5.91 Å². The highest BCUT2D eigenvalue weighted by Gasteiger charge is 2.54. The van der Waals surface area contributed by atoms with Crippen LogP contribution in [0.1, 0.15) is 62.4 Å². The van der Waals surface area contributed by atoms with Gasteiger partial charge >= 0.3 is 0 Å². The van der Waals surface area contributed by atoms with Gasteiger partial charge in [-0.3, -0.25) is 9.48 Å². The molecule has 4 aliphatic rings. The molecule has 0 spiro atoms. The van der Waals surface area contributed by atoms with E-state index in [1.807, 2.05) is 13.2 Å². The van der Waals surface area contributed by atoms with Gasteiger partial charge in [-0.15, -0.1) is 0 Å². The predicted octanol–water partition coefficient (Wildman–Crippen LogP) is 3.75. The summed E-state index contributed by atoms with van der Waals surface area (Å²) in [5, 5.41) is 7.72. The van der Waals surface area contributed by atoms with Gasteiger partial charge in [-0.2, -0.15) is 5.10 Å². The maximum Gasteiger partial charge on any atom is 0.273 e. The van der Waals surface area contributed by atoms with Crippen molar-refractivity contribution in [2.75, 3.05) is 0 Å². The van der Waals surface area contributed by atoms with E-state index < -0.39 is 0 Å². The molecule has 23 heavy (non-hydrogen) atoms. The molecule has 0 saturated heterocycles. The smallest absolute Gasteiger partial charge is 0.273 e. The third-order valence-corrected chi connectivity index (χ3v) is 7.33. The number of amides is 1. The van der Waals surface area contributed by atoms with Gasteiger partial charge in [0.25, 0.3) is 5.91 Å². The average Bonchev–Trinajstić information content (AvgIpc) is 2.81. The van der Waals surface area contributed by atoms with Crippen molar-refractivity contribution in [2.45, 2.75) is 57.9 Å². The zero-order chi connectivity index (χ0) is 16.2. The van der Waals surface area contributed by atoms with Crippen LogP contribution in [0.25, 0.3) is 0 Å². The molecule has 4 fully saturated rings. The van der Waals surface area contributed by atoms with E-state index in [9.17, 15) is 4.79 Å². The number of carbonyl (C=O) groups excluding carboxylic acids is 1. The Morgan fingerprint density at radius 1 is 1.35 bits per heavy atom. The van der Waals surface area contributed by atoms with Crippen LogP contribution in [0.4, 0.5) is 0 Å². The van der Waals surface area contributed by atoms with Gasteiger partial charge < -0.3 is 5.32 Å². The Morgan fingerprint density at radius 3 is 2.35 bits per heavy atom. The van der Waals surface area contributed by atoms with Crippen LogP contribution in [0.3, 0.4) is 0 Å². The van der Waals surface area contributed by atoms with Gasteiger partial charge in [-0.1, -0.05) is 6.92 Å². The molecule has 0 aromatic carbocycles. The van der Waals surface area contributed by atoms with Crippen molar-refractivity contribution >= 4 is 28.5 Å². The first-order valence-corrected chi connectivity index (χ1v) is 10.1. The molecule has 0 radical (unpaired) electrons. The van der Waals surface area contributed by atoms with E-state index in [4.69, 9.17) is 0 Å². The molecule has 4 saturated carbocycles. The first-order valence-electron chi connectivity index (χ1n) is 8.99. The number of aryl methyl sites for hydroxylation is 1. The summed E-state index contributed by atoms with van der Waals surface area (Å²) < 4.78 is 2.66. The number of hydrogen-bond acceptors (Lipinski definition) is 2. The number of nitrogens with one attached hydrogen (secondary N) is 1. The number of rotatable bonds is 4. The van der Waals surface area contributed by atoms with Crippen LogP contribution in [0.5, 0.6) is 0 Å². The maximum absolute atomic E-state index is 12.7. The first-order chi connectivity index (χ1) is 11.0. The van der Waals surface area contributed by atoms with Gasteiger partial charge in [0.05, 0.1) is 3.57 Å². The number of halogens is 1. The zero-order valence-electron chi connectivity index (χ0n) is 14.0. The van der Waals surface area contributed by atoms with Gasteiger partial charge in [0.1, 0.15) is 0 Å². The van der Waals surface area contributed by atoms with Gasteiger partial charge in [0, 0.05) is 19.3 Å². The standard InChI is InChI=1S/C18H26IN3O/c1-3-15(20-17(23)16-14(19)10-22(2)21-16)18-7-11-4-12(8-18)6-13(5-11)9-18/h10-13,15H,3-9H2,1-2H3,(H,20,23)/t11?,12?,13?,15-,18?/m0/s1. The molecule has 126 valence electrons. The van der Waals surface area contributed by atoms with Crippen molar-refractivity contribution < 1.29 is 4.79 Å². The summed E-state index contributed by atoms with van der Waals surface area (Å²) >= 11 is 2.20. The molecule has 1 amide bonds. The maximum atomic E-state index is 12.7. The van der Waals surface area contributed by atoms with Crippen molar-refractivity contribution in [3.8, 4) is 0 Å². The number of hydrogen-bond donors (Lipinski definition) is 1. The predicted molar refractivity (Wildman–Crippen MR) is 98.1 cm³/mol. The lowest BCUT2D eigenvalue weighted by Crippen LogP contribution is -2.56. The first kappa shape index (κ1) is 15.9. The summed E-state index contributed by atoms with van der Waals surface area (Å²) in [5.74, 6) is 2.77. The van der Waals surface area contributed by atoms with Crippen LogP contribution in [0.15, 0.2) is 6.20 Å². The van der Waals surface area contributed by atoms with Gasteiger partial charge in [0.2, 0.25) is 0 Å². The van der Waals surface area contributed by atoms with Crippen LogP contribution in [-0.2, 0) is 7.05 Å². The minimum Gasteiger partial charge on any atom is -0.347 e.